The van der Waals surface area contributed by atoms with Gasteiger partial charge in [0.25, 0.3) is 0 Å². The summed E-state index contributed by atoms with van der Waals surface area (Å²) >= 11 is -1.79. The van der Waals surface area contributed by atoms with Crippen molar-refractivity contribution in [1.82, 2.24) is 9.26 Å². The van der Waals surface area contributed by atoms with Crippen molar-refractivity contribution in [2.24, 2.45) is 0 Å². The third-order valence-corrected chi connectivity index (χ3v) is 13.9. The molecule has 1 N–H and O–H groups in total. The van der Waals surface area contributed by atoms with Gasteiger partial charge in [0.15, 0.2) is 0 Å². The first kappa shape index (κ1) is 8.92. The molecule has 0 saturated carbocycles. The van der Waals surface area contributed by atoms with Crippen molar-refractivity contribution in [3.8, 4) is 0 Å². The molecule has 2 aliphatic rings. The number of hydrogen-bond acceptors (Lipinski definition) is 2. The van der Waals surface area contributed by atoms with E-state index >= 15 is 0 Å². The second kappa shape index (κ2) is 3.35. The van der Waals surface area contributed by atoms with Crippen LogP contribution in [-0.4, -0.2) is 25.0 Å². The molecule has 0 bridgehead atoms. The van der Waals surface area contributed by atoms with Crippen LogP contribution in [0.25, 0.3) is 0 Å². The van der Waals surface area contributed by atoms with Gasteiger partial charge in [-0.1, -0.05) is 0 Å². The van der Waals surface area contributed by atoms with E-state index in [2.05, 4.69) is 21.5 Å². The maximum absolute atomic E-state index is 4.32. The van der Waals surface area contributed by atoms with E-state index in [-0.39, 0.29) is 0 Å². The maximum atomic E-state index is 4.32. The monoisotopic (exact) mass is 250 g/mol. The van der Waals surface area contributed by atoms with Crippen LogP contribution in [0.1, 0.15) is 18.4 Å². The average Bonchev–Trinajstić information content (AvgIpc) is 2.68. The van der Waals surface area contributed by atoms with Crippen molar-refractivity contribution >= 4 is 17.9 Å². The summed E-state index contributed by atoms with van der Waals surface area (Å²) in [4.78, 5) is 4.32. The Labute approximate surface area is 87.7 Å². The van der Waals surface area contributed by atoms with Crippen LogP contribution in [0.3, 0.4) is 0 Å². The molecule has 0 aliphatic carbocycles. The molecule has 1 saturated heterocycles. The molecular formula is C11H16GeN2. The zero-order chi connectivity index (χ0) is 9.43. The van der Waals surface area contributed by atoms with Gasteiger partial charge >= 0.3 is 87.5 Å². The van der Waals surface area contributed by atoms with Gasteiger partial charge < -0.3 is 0 Å². The number of pyridine rings is 1. The van der Waals surface area contributed by atoms with Crippen LogP contribution in [0.15, 0.2) is 18.5 Å². The molecule has 0 atom stereocenters. The van der Waals surface area contributed by atoms with Crippen molar-refractivity contribution in [2.45, 2.75) is 29.8 Å². The van der Waals surface area contributed by atoms with Crippen LogP contribution >= 0.6 is 0 Å². The first-order valence-corrected chi connectivity index (χ1v) is 10.7. The third-order valence-electron chi connectivity index (χ3n) is 3.74. The van der Waals surface area contributed by atoms with Gasteiger partial charge in [0, 0.05) is 0 Å². The minimum atomic E-state index is -1.79. The van der Waals surface area contributed by atoms with Crippen LogP contribution in [0.2, 0.25) is 10.5 Å². The second-order valence-electron chi connectivity index (χ2n) is 4.50. The SMILES string of the molecule is c1cc2[c](cn1)[Ge]1([CH2]CC[CH2]1)[NH]CC2. The van der Waals surface area contributed by atoms with Gasteiger partial charge in [-0.25, -0.2) is 0 Å². The van der Waals surface area contributed by atoms with E-state index in [4.69, 9.17) is 0 Å². The fourth-order valence-corrected chi connectivity index (χ4v) is 13.1. The van der Waals surface area contributed by atoms with E-state index in [9.17, 15) is 0 Å². The molecule has 74 valence electrons. The number of fused-ring (bicyclic) bond motifs is 2. The zero-order valence-electron chi connectivity index (χ0n) is 8.42. The summed E-state index contributed by atoms with van der Waals surface area (Å²) in [7, 11) is 0. The summed E-state index contributed by atoms with van der Waals surface area (Å²) in [6.45, 7) is 1.22. The standard InChI is InChI=1S/C11H16GeN2/c1-2-6-12(5-1)11-9-13-7-3-10(11)4-8-14-12/h3,7,9,14H,1-2,4-6,8H2. The van der Waals surface area contributed by atoms with Gasteiger partial charge in [-0.05, 0) is 0 Å². The fourth-order valence-electron chi connectivity index (χ4n) is 3.03. The molecule has 3 rings (SSSR count). The minimum absolute atomic E-state index is 1.21. The average molecular weight is 249 g/mol. The second-order valence-corrected chi connectivity index (χ2v) is 13.0. The van der Waals surface area contributed by atoms with Crippen LogP contribution in [0.4, 0.5) is 0 Å². The molecule has 0 amide bonds. The Hall–Kier alpha value is -0.347. The fraction of sp³-hybridized carbons (Fsp3) is 0.545. The van der Waals surface area contributed by atoms with Crippen molar-refractivity contribution in [2.75, 3.05) is 6.54 Å². The van der Waals surface area contributed by atoms with Gasteiger partial charge in [-0.2, -0.15) is 0 Å². The first-order chi connectivity index (χ1) is 6.91. The Morgan fingerprint density at radius 1 is 1.29 bits per heavy atom. The molecule has 2 aliphatic heterocycles. The Bertz CT molecular complexity index is 345. The summed E-state index contributed by atoms with van der Waals surface area (Å²) < 4.78 is 5.56. The Kier molecular flexibility index (Phi) is 2.13. The predicted molar refractivity (Wildman–Crippen MR) is 60.2 cm³/mol. The molecule has 0 radical (unpaired) electrons. The molecule has 0 aromatic carbocycles. The van der Waals surface area contributed by atoms with Gasteiger partial charge in [-0.3, -0.25) is 0 Å². The third kappa shape index (κ3) is 1.24. The predicted octanol–water partition coefficient (Wildman–Crippen LogP) is 1.17. The quantitative estimate of drug-likeness (QED) is 0.698. The van der Waals surface area contributed by atoms with E-state index < -0.39 is 13.5 Å². The van der Waals surface area contributed by atoms with Crippen molar-refractivity contribution in [1.29, 1.82) is 0 Å². The number of nitrogens with zero attached hydrogens (tertiary/aromatic N) is 1. The Morgan fingerprint density at radius 2 is 2.14 bits per heavy atom. The van der Waals surface area contributed by atoms with Gasteiger partial charge in [0.2, 0.25) is 0 Å². The summed E-state index contributed by atoms with van der Waals surface area (Å²) in [5.41, 5.74) is 1.60. The van der Waals surface area contributed by atoms with E-state index in [0.29, 0.717) is 0 Å². The molecule has 1 aromatic rings. The molecule has 2 nitrogen and oxygen atoms in total. The van der Waals surface area contributed by atoms with Crippen molar-refractivity contribution in [3.63, 3.8) is 0 Å². The van der Waals surface area contributed by atoms with Crippen LogP contribution in [-0.2, 0) is 6.42 Å². The molecule has 14 heavy (non-hydrogen) atoms. The number of nitrogens with one attached hydrogen (secondary N) is 1. The molecule has 3 heteroatoms. The van der Waals surface area contributed by atoms with Gasteiger partial charge in [0.05, 0.1) is 0 Å². The van der Waals surface area contributed by atoms with E-state index in [1.165, 1.54) is 36.3 Å². The number of hydrogen-bond donors (Lipinski definition) is 1. The molecule has 1 aromatic heterocycles. The first-order valence-electron chi connectivity index (χ1n) is 5.59. The summed E-state index contributed by atoms with van der Waals surface area (Å²) in [5, 5.41) is 2.97. The molecule has 3 heterocycles. The molecule has 1 spiro atoms. The molecule has 1 fully saturated rings. The Morgan fingerprint density at radius 3 is 3.00 bits per heavy atom. The van der Waals surface area contributed by atoms with E-state index in [0.717, 1.165) is 0 Å². The van der Waals surface area contributed by atoms with Crippen LogP contribution in [0.5, 0.6) is 0 Å². The van der Waals surface area contributed by atoms with Gasteiger partial charge in [-0.15, -0.1) is 0 Å². The van der Waals surface area contributed by atoms with Crippen molar-refractivity contribution < 1.29 is 0 Å². The van der Waals surface area contributed by atoms with E-state index in [1.807, 2.05) is 6.20 Å². The topological polar surface area (TPSA) is 24.9 Å². The molecular weight excluding hydrogens is 233 g/mol. The van der Waals surface area contributed by atoms with Crippen molar-refractivity contribution in [3.05, 3.63) is 24.0 Å². The summed E-state index contributed by atoms with van der Waals surface area (Å²) in [5.74, 6) is 0. The summed E-state index contributed by atoms with van der Waals surface area (Å²) in [6, 6.07) is 2.24. The van der Waals surface area contributed by atoms with Crippen LogP contribution < -0.4 is 8.67 Å². The van der Waals surface area contributed by atoms with Gasteiger partial charge in [0.1, 0.15) is 0 Å². The molecule has 0 unspecified atom stereocenters. The zero-order valence-corrected chi connectivity index (χ0v) is 10.5. The number of rotatable bonds is 0. The summed E-state index contributed by atoms with van der Waals surface area (Å²) in [6.07, 6.45) is 8.22. The normalized spacial score (nSPS) is 23.7. The number of aromatic nitrogens is 1. The van der Waals surface area contributed by atoms with Crippen LogP contribution in [0, 0.1) is 0 Å². The van der Waals surface area contributed by atoms with E-state index in [1.54, 1.807) is 9.96 Å². The Balaban J connectivity index is 2.10.